The lowest BCUT2D eigenvalue weighted by Crippen LogP contribution is -2.43. The third kappa shape index (κ3) is 4.45. The van der Waals surface area contributed by atoms with E-state index in [1.807, 2.05) is 19.9 Å². The Morgan fingerprint density at radius 3 is 2.72 bits per heavy atom. The van der Waals surface area contributed by atoms with Crippen molar-refractivity contribution >= 4 is 5.91 Å². The molecule has 0 aliphatic heterocycles. The van der Waals surface area contributed by atoms with Crippen molar-refractivity contribution in [3.05, 3.63) is 35.6 Å². The SMILES string of the molecule is CCCNC(=O)C(C)N[C@@H](C)c1cccc(F)c1. The first kappa shape index (κ1) is 14.6. The van der Waals surface area contributed by atoms with Crippen LogP contribution in [0.2, 0.25) is 0 Å². The zero-order valence-corrected chi connectivity index (χ0v) is 11.2. The van der Waals surface area contributed by atoms with E-state index < -0.39 is 0 Å². The molecule has 0 aliphatic rings. The van der Waals surface area contributed by atoms with Gasteiger partial charge in [-0.3, -0.25) is 10.1 Å². The fourth-order valence-corrected chi connectivity index (χ4v) is 1.72. The zero-order chi connectivity index (χ0) is 13.5. The monoisotopic (exact) mass is 252 g/mol. The maximum atomic E-state index is 13.1. The van der Waals surface area contributed by atoms with E-state index in [0.29, 0.717) is 6.54 Å². The summed E-state index contributed by atoms with van der Waals surface area (Å²) in [7, 11) is 0. The van der Waals surface area contributed by atoms with Crippen LogP contribution in [0.1, 0.15) is 38.8 Å². The summed E-state index contributed by atoms with van der Waals surface area (Å²) >= 11 is 0. The summed E-state index contributed by atoms with van der Waals surface area (Å²) in [5.74, 6) is -0.288. The lowest BCUT2D eigenvalue weighted by atomic mass is 10.1. The summed E-state index contributed by atoms with van der Waals surface area (Å²) in [6, 6.07) is 6.04. The number of carbonyl (C=O) groups is 1. The number of amides is 1. The van der Waals surface area contributed by atoms with Crippen LogP contribution in [0.4, 0.5) is 4.39 Å². The predicted octanol–water partition coefficient (Wildman–Crippen LogP) is 2.39. The van der Waals surface area contributed by atoms with Crippen LogP contribution in [-0.2, 0) is 4.79 Å². The van der Waals surface area contributed by atoms with Gasteiger partial charge in [0, 0.05) is 12.6 Å². The van der Waals surface area contributed by atoms with E-state index in [0.717, 1.165) is 12.0 Å². The Balaban J connectivity index is 2.53. The Labute approximate surface area is 108 Å². The normalized spacial score (nSPS) is 14.0. The molecule has 0 spiro atoms. The van der Waals surface area contributed by atoms with Crippen LogP contribution in [-0.4, -0.2) is 18.5 Å². The van der Waals surface area contributed by atoms with E-state index in [4.69, 9.17) is 0 Å². The third-order valence-electron chi connectivity index (χ3n) is 2.79. The molecule has 0 bridgehead atoms. The van der Waals surface area contributed by atoms with Crippen molar-refractivity contribution in [1.29, 1.82) is 0 Å². The molecule has 0 radical (unpaired) electrons. The number of halogens is 1. The van der Waals surface area contributed by atoms with Crippen molar-refractivity contribution in [2.24, 2.45) is 0 Å². The Bertz CT molecular complexity index is 395. The molecule has 1 rings (SSSR count). The molecule has 1 aromatic carbocycles. The van der Waals surface area contributed by atoms with Gasteiger partial charge in [-0.05, 0) is 38.0 Å². The molecule has 18 heavy (non-hydrogen) atoms. The molecule has 0 heterocycles. The van der Waals surface area contributed by atoms with E-state index in [9.17, 15) is 9.18 Å². The third-order valence-corrected chi connectivity index (χ3v) is 2.79. The molecule has 100 valence electrons. The minimum atomic E-state index is -0.296. The highest BCUT2D eigenvalue weighted by Crippen LogP contribution is 2.13. The van der Waals surface area contributed by atoms with Crippen molar-refractivity contribution < 1.29 is 9.18 Å². The van der Waals surface area contributed by atoms with Crippen LogP contribution >= 0.6 is 0 Å². The molecule has 2 N–H and O–H groups in total. The Hall–Kier alpha value is -1.42. The topological polar surface area (TPSA) is 41.1 Å². The van der Waals surface area contributed by atoms with Crippen LogP contribution in [0, 0.1) is 5.82 Å². The Morgan fingerprint density at radius 1 is 1.39 bits per heavy atom. The van der Waals surface area contributed by atoms with E-state index >= 15 is 0 Å². The van der Waals surface area contributed by atoms with Crippen LogP contribution in [0.15, 0.2) is 24.3 Å². The minimum absolute atomic E-state index is 0.0277. The summed E-state index contributed by atoms with van der Waals surface area (Å²) in [4.78, 5) is 11.7. The van der Waals surface area contributed by atoms with Gasteiger partial charge >= 0.3 is 0 Å². The summed E-state index contributed by atoms with van der Waals surface area (Å²) in [5, 5.41) is 5.98. The molecular formula is C14H21FN2O. The first-order valence-electron chi connectivity index (χ1n) is 6.33. The second-order valence-electron chi connectivity index (χ2n) is 4.46. The molecule has 0 saturated carbocycles. The molecule has 1 aromatic rings. The van der Waals surface area contributed by atoms with Gasteiger partial charge in [-0.15, -0.1) is 0 Å². The largest absolute Gasteiger partial charge is 0.355 e. The van der Waals surface area contributed by atoms with Gasteiger partial charge in [0.15, 0.2) is 0 Å². The summed E-state index contributed by atoms with van der Waals surface area (Å²) in [6.07, 6.45) is 0.915. The number of benzene rings is 1. The van der Waals surface area contributed by atoms with Gasteiger partial charge < -0.3 is 5.32 Å². The number of hydrogen-bond acceptors (Lipinski definition) is 2. The Morgan fingerprint density at radius 2 is 2.11 bits per heavy atom. The fraction of sp³-hybridized carbons (Fsp3) is 0.500. The van der Waals surface area contributed by atoms with Crippen LogP contribution in [0.25, 0.3) is 0 Å². The van der Waals surface area contributed by atoms with E-state index in [1.54, 1.807) is 13.0 Å². The lowest BCUT2D eigenvalue weighted by molar-refractivity contribution is -0.122. The fourth-order valence-electron chi connectivity index (χ4n) is 1.72. The predicted molar refractivity (Wildman–Crippen MR) is 70.7 cm³/mol. The van der Waals surface area contributed by atoms with Gasteiger partial charge in [0.2, 0.25) is 5.91 Å². The number of nitrogens with one attached hydrogen (secondary N) is 2. The molecule has 1 unspecified atom stereocenters. The van der Waals surface area contributed by atoms with Crippen molar-refractivity contribution in [1.82, 2.24) is 10.6 Å². The number of carbonyl (C=O) groups excluding carboxylic acids is 1. The van der Waals surface area contributed by atoms with Crippen molar-refractivity contribution in [2.75, 3.05) is 6.54 Å². The zero-order valence-electron chi connectivity index (χ0n) is 11.2. The first-order valence-corrected chi connectivity index (χ1v) is 6.33. The van der Waals surface area contributed by atoms with Gasteiger partial charge in [-0.25, -0.2) is 4.39 Å². The van der Waals surface area contributed by atoms with Gasteiger partial charge in [0.1, 0.15) is 5.82 Å². The molecule has 2 atom stereocenters. The average molecular weight is 252 g/mol. The smallest absolute Gasteiger partial charge is 0.236 e. The maximum Gasteiger partial charge on any atom is 0.236 e. The van der Waals surface area contributed by atoms with Crippen molar-refractivity contribution in [2.45, 2.75) is 39.3 Å². The molecule has 0 aromatic heterocycles. The van der Waals surface area contributed by atoms with Gasteiger partial charge in [0.05, 0.1) is 6.04 Å². The minimum Gasteiger partial charge on any atom is -0.355 e. The van der Waals surface area contributed by atoms with Gasteiger partial charge in [-0.2, -0.15) is 0 Å². The molecule has 4 heteroatoms. The molecule has 1 amide bonds. The summed E-state index contributed by atoms with van der Waals surface area (Å²) in [6.45, 7) is 6.41. The average Bonchev–Trinajstić information content (AvgIpc) is 2.35. The van der Waals surface area contributed by atoms with Gasteiger partial charge in [0.25, 0.3) is 0 Å². The lowest BCUT2D eigenvalue weighted by Gasteiger charge is -2.20. The molecule has 3 nitrogen and oxygen atoms in total. The standard InChI is InChI=1S/C14H21FN2O/c1-4-8-16-14(18)11(3)17-10(2)12-6-5-7-13(15)9-12/h5-7,9-11,17H,4,8H2,1-3H3,(H,16,18)/t10-,11?/m0/s1. The molecule has 0 saturated heterocycles. The highest BCUT2D eigenvalue weighted by molar-refractivity contribution is 5.81. The van der Waals surface area contributed by atoms with E-state index in [2.05, 4.69) is 10.6 Å². The van der Waals surface area contributed by atoms with Crippen molar-refractivity contribution in [3.8, 4) is 0 Å². The van der Waals surface area contributed by atoms with E-state index in [1.165, 1.54) is 12.1 Å². The molecule has 0 fully saturated rings. The van der Waals surface area contributed by atoms with Crippen LogP contribution < -0.4 is 10.6 Å². The van der Waals surface area contributed by atoms with Gasteiger partial charge in [-0.1, -0.05) is 19.1 Å². The van der Waals surface area contributed by atoms with E-state index in [-0.39, 0.29) is 23.8 Å². The quantitative estimate of drug-likeness (QED) is 0.816. The number of rotatable bonds is 6. The second-order valence-corrected chi connectivity index (χ2v) is 4.46. The highest BCUT2D eigenvalue weighted by Gasteiger charge is 2.15. The summed E-state index contributed by atoms with van der Waals surface area (Å²) in [5.41, 5.74) is 0.838. The first-order chi connectivity index (χ1) is 8.54. The van der Waals surface area contributed by atoms with Crippen molar-refractivity contribution in [3.63, 3.8) is 0 Å². The second kappa shape index (κ2) is 7.11. The molecule has 0 aliphatic carbocycles. The summed E-state index contributed by atoms with van der Waals surface area (Å²) < 4.78 is 13.1. The Kier molecular flexibility index (Phi) is 5.78. The van der Waals surface area contributed by atoms with Crippen LogP contribution in [0.3, 0.4) is 0 Å². The molecular weight excluding hydrogens is 231 g/mol. The highest BCUT2D eigenvalue weighted by atomic mass is 19.1. The maximum absolute atomic E-state index is 13.1. The van der Waals surface area contributed by atoms with Crippen LogP contribution in [0.5, 0.6) is 0 Å². The number of hydrogen-bond donors (Lipinski definition) is 2.